The molecule has 132 valence electrons. The van der Waals surface area contributed by atoms with E-state index in [1.165, 1.54) is 11.1 Å². The van der Waals surface area contributed by atoms with Crippen LogP contribution in [0.25, 0.3) is 0 Å². The van der Waals surface area contributed by atoms with Gasteiger partial charge in [-0.15, -0.1) is 0 Å². The average Bonchev–Trinajstić information content (AvgIpc) is 3.10. The highest BCUT2D eigenvalue weighted by Crippen LogP contribution is 2.36. The van der Waals surface area contributed by atoms with Crippen molar-refractivity contribution in [3.05, 3.63) is 93.8 Å². The molecule has 4 rings (SSSR count). The highest BCUT2D eigenvalue weighted by molar-refractivity contribution is 6.33. The van der Waals surface area contributed by atoms with Crippen molar-refractivity contribution in [2.24, 2.45) is 0 Å². The average molecular weight is 365 g/mol. The quantitative estimate of drug-likeness (QED) is 0.628. The summed E-state index contributed by atoms with van der Waals surface area (Å²) in [4.78, 5) is 15.3. The van der Waals surface area contributed by atoms with Crippen molar-refractivity contribution < 1.29 is 4.79 Å². The fraction of sp³-hybridized carbons (Fsp3) is 0.227. The number of aryl methyl sites for hydroxylation is 2. The molecule has 1 aliphatic heterocycles. The van der Waals surface area contributed by atoms with E-state index in [-0.39, 0.29) is 11.9 Å². The molecule has 1 aromatic heterocycles. The van der Waals surface area contributed by atoms with Gasteiger partial charge in [-0.3, -0.25) is 4.79 Å². The molecule has 0 saturated carbocycles. The summed E-state index contributed by atoms with van der Waals surface area (Å²) in [5.74, 6) is -0.0203. The number of carbonyl (C=O) groups excluding carboxylic acids is 1. The van der Waals surface area contributed by atoms with Crippen LogP contribution in [0.5, 0.6) is 0 Å². The number of carbonyl (C=O) groups is 1. The number of halogens is 1. The Morgan fingerprint density at radius 2 is 1.85 bits per heavy atom. The molecule has 1 unspecified atom stereocenters. The van der Waals surface area contributed by atoms with Gasteiger partial charge in [0.1, 0.15) is 0 Å². The maximum absolute atomic E-state index is 13.3. The molecule has 26 heavy (non-hydrogen) atoms. The van der Waals surface area contributed by atoms with Crippen molar-refractivity contribution >= 4 is 17.5 Å². The number of aromatic nitrogens is 1. The third-order valence-corrected chi connectivity index (χ3v) is 5.45. The maximum Gasteiger partial charge on any atom is 0.256 e. The fourth-order valence-corrected chi connectivity index (χ4v) is 4.07. The van der Waals surface area contributed by atoms with Gasteiger partial charge in [0.2, 0.25) is 0 Å². The lowest BCUT2D eigenvalue weighted by atomic mass is 9.94. The molecule has 4 heteroatoms. The van der Waals surface area contributed by atoms with Crippen LogP contribution in [-0.4, -0.2) is 21.9 Å². The van der Waals surface area contributed by atoms with Crippen LogP contribution in [0.3, 0.4) is 0 Å². The lowest BCUT2D eigenvalue weighted by Crippen LogP contribution is -2.42. The van der Waals surface area contributed by atoms with Crippen LogP contribution >= 0.6 is 11.6 Å². The Balaban J connectivity index is 1.83. The first-order valence-corrected chi connectivity index (χ1v) is 9.22. The summed E-state index contributed by atoms with van der Waals surface area (Å²) in [7, 11) is 0. The molecule has 0 spiro atoms. The molecular formula is C22H21ClN2O. The monoisotopic (exact) mass is 364 g/mol. The Hall–Kier alpha value is -2.52. The molecule has 1 amide bonds. The zero-order valence-electron chi connectivity index (χ0n) is 14.9. The highest BCUT2D eigenvalue weighted by Gasteiger charge is 2.34. The number of amides is 1. The lowest BCUT2D eigenvalue weighted by molar-refractivity contribution is 0.0664. The summed E-state index contributed by atoms with van der Waals surface area (Å²) in [5, 5.41) is 0.498. The van der Waals surface area contributed by atoms with E-state index >= 15 is 0 Å². The van der Waals surface area contributed by atoms with E-state index in [2.05, 4.69) is 54.9 Å². The van der Waals surface area contributed by atoms with Gasteiger partial charge in [-0.25, -0.2) is 0 Å². The number of nitrogens with zero attached hydrogens (tertiary/aromatic N) is 2. The van der Waals surface area contributed by atoms with Crippen LogP contribution in [0, 0.1) is 13.8 Å². The Morgan fingerprint density at radius 3 is 2.62 bits per heavy atom. The topological polar surface area (TPSA) is 25.2 Å². The standard InChI is InChI=1S/C22H21ClN2O/c1-15-9-10-17(16(2)14-15)21-20-8-5-11-24(20)12-13-25(21)22(26)18-6-3-4-7-19(18)23/h3-11,14,21H,12-13H2,1-2H3. The number of benzene rings is 2. The van der Waals surface area contributed by atoms with Crippen LogP contribution in [0.2, 0.25) is 5.02 Å². The van der Waals surface area contributed by atoms with Gasteiger partial charge >= 0.3 is 0 Å². The van der Waals surface area contributed by atoms with Crippen molar-refractivity contribution in [1.29, 1.82) is 0 Å². The number of hydrogen-bond donors (Lipinski definition) is 0. The molecule has 0 N–H and O–H groups in total. The van der Waals surface area contributed by atoms with Crippen LogP contribution in [0.15, 0.2) is 60.8 Å². The largest absolute Gasteiger partial charge is 0.348 e. The van der Waals surface area contributed by atoms with Crippen LogP contribution in [0.1, 0.15) is 38.8 Å². The van der Waals surface area contributed by atoms with Gasteiger partial charge in [0.25, 0.3) is 5.91 Å². The fourth-order valence-electron chi connectivity index (χ4n) is 3.85. The Kier molecular flexibility index (Phi) is 4.33. The Morgan fingerprint density at radius 1 is 1.04 bits per heavy atom. The molecule has 2 heterocycles. The van der Waals surface area contributed by atoms with Gasteiger partial charge in [-0.2, -0.15) is 0 Å². The summed E-state index contributed by atoms with van der Waals surface area (Å²) in [5.41, 5.74) is 5.28. The maximum atomic E-state index is 13.3. The Labute approximate surface area is 158 Å². The van der Waals surface area contributed by atoms with Crippen LogP contribution in [-0.2, 0) is 6.54 Å². The zero-order chi connectivity index (χ0) is 18.3. The molecular weight excluding hydrogens is 344 g/mol. The van der Waals surface area contributed by atoms with E-state index < -0.39 is 0 Å². The summed E-state index contributed by atoms with van der Waals surface area (Å²) in [6.07, 6.45) is 2.09. The summed E-state index contributed by atoms with van der Waals surface area (Å²) in [6.45, 7) is 5.65. The summed E-state index contributed by atoms with van der Waals surface area (Å²) >= 11 is 6.31. The molecule has 0 aliphatic carbocycles. The molecule has 1 atom stereocenters. The number of rotatable bonds is 2. The van der Waals surface area contributed by atoms with Crippen LogP contribution < -0.4 is 0 Å². The van der Waals surface area contributed by atoms with E-state index in [0.29, 0.717) is 17.1 Å². The van der Waals surface area contributed by atoms with Gasteiger partial charge in [0.05, 0.1) is 16.6 Å². The van der Waals surface area contributed by atoms with E-state index in [1.54, 1.807) is 12.1 Å². The van der Waals surface area contributed by atoms with E-state index in [1.807, 2.05) is 17.0 Å². The molecule has 2 aromatic carbocycles. The smallest absolute Gasteiger partial charge is 0.256 e. The highest BCUT2D eigenvalue weighted by atomic mass is 35.5. The summed E-state index contributed by atoms with van der Waals surface area (Å²) in [6, 6.07) is 17.8. The second-order valence-corrected chi connectivity index (χ2v) is 7.27. The van der Waals surface area contributed by atoms with Gasteiger partial charge in [0.15, 0.2) is 0 Å². The van der Waals surface area contributed by atoms with E-state index in [9.17, 15) is 4.79 Å². The van der Waals surface area contributed by atoms with Crippen molar-refractivity contribution in [3.8, 4) is 0 Å². The number of hydrogen-bond acceptors (Lipinski definition) is 1. The number of fused-ring (bicyclic) bond motifs is 1. The second-order valence-electron chi connectivity index (χ2n) is 6.87. The third kappa shape index (κ3) is 2.82. The Bertz CT molecular complexity index is 976. The van der Waals surface area contributed by atoms with Gasteiger partial charge in [0, 0.05) is 25.0 Å². The van der Waals surface area contributed by atoms with E-state index in [0.717, 1.165) is 17.8 Å². The molecule has 0 fully saturated rings. The second kappa shape index (κ2) is 6.65. The summed E-state index contributed by atoms with van der Waals surface area (Å²) < 4.78 is 2.24. The zero-order valence-corrected chi connectivity index (χ0v) is 15.7. The molecule has 3 nitrogen and oxygen atoms in total. The first kappa shape index (κ1) is 16.9. The van der Waals surface area contributed by atoms with Crippen molar-refractivity contribution in [2.75, 3.05) is 6.54 Å². The predicted octanol–water partition coefficient (Wildman–Crippen LogP) is 5.00. The van der Waals surface area contributed by atoms with Gasteiger partial charge < -0.3 is 9.47 Å². The SMILES string of the molecule is Cc1ccc(C2c3cccn3CCN2C(=O)c2ccccc2Cl)c(C)c1. The first-order chi connectivity index (χ1) is 12.6. The lowest BCUT2D eigenvalue weighted by Gasteiger charge is -2.38. The van der Waals surface area contributed by atoms with Crippen molar-refractivity contribution in [2.45, 2.75) is 26.4 Å². The molecule has 0 bridgehead atoms. The first-order valence-electron chi connectivity index (χ1n) is 8.84. The van der Waals surface area contributed by atoms with Crippen molar-refractivity contribution in [3.63, 3.8) is 0 Å². The normalized spacial score (nSPS) is 16.4. The van der Waals surface area contributed by atoms with Gasteiger partial charge in [-0.05, 0) is 49.2 Å². The minimum absolute atomic E-state index is 0.0203. The van der Waals surface area contributed by atoms with Crippen molar-refractivity contribution in [1.82, 2.24) is 9.47 Å². The molecule has 1 aliphatic rings. The molecule has 0 radical (unpaired) electrons. The predicted molar refractivity (Wildman–Crippen MR) is 105 cm³/mol. The minimum Gasteiger partial charge on any atom is -0.348 e. The van der Waals surface area contributed by atoms with Gasteiger partial charge in [-0.1, -0.05) is 47.5 Å². The third-order valence-electron chi connectivity index (χ3n) is 5.12. The van der Waals surface area contributed by atoms with E-state index in [4.69, 9.17) is 11.6 Å². The molecule has 3 aromatic rings. The van der Waals surface area contributed by atoms with Crippen LogP contribution in [0.4, 0.5) is 0 Å². The molecule has 0 saturated heterocycles. The minimum atomic E-state index is -0.108.